The van der Waals surface area contributed by atoms with Crippen molar-refractivity contribution in [1.82, 2.24) is 0 Å². The maximum atomic E-state index is 9.88. The van der Waals surface area contributed by atoms with E-state index in [4.69, 9.17) is 15.2 Å². The van der Waals surface area contributed by atoms with Gasteiger partial charge in [-0.3, -0.25) is 0 Å². The molecule has 0 aromatic carbocycles. The van der Waals surface area contributed by atoms with E-state index in [9.17, 15) is 5.11 Å². The second kappa shape index (κ2) is 4.11. The van der Waals surface area contributed by atoms with Crippen molar-refractivity contribution < 1.29 is 14.6 Å². The lowest BCUT2D eigenvalue weighted by molar-refractivity contribution is -0.151. The van der Waals surface area contributed by atoms with Crippen molar-refractivity contribution in [3.8, 4) is 0 Å². The SMILES string of the molecule is CCC1=C[C@@H](C(O)CN)[C@@H]2OC(C)(C)O[C@H]12. The van der Waals surface area contributed by atoms with Crippen molar-refractivity contribution in [2.24, 2.45) is 11.7 Å². The summed E-state index contributed by atoms with van der Waals surface area (Å²) >= 11 is 0. The molecule has 0 radical (unpaired) electrons. The van der Waals surface area contributed by atoms with Crippen molar-refractivity contribution in [3.63, 3.8) is 0 Å². The van der Waals surface area contributed by atoms with E-state index < -0.39 is 11.9 Å². The van der Waals surface area contributed by atoms with Crippen LogP contribution in [0.25, 0.3) is 0 Å². The van der Waals surface area contributed by atoms with E-state index >= 15 is 0 Å². The zero-order valence-corrected chi connectivity index (χ0v) is 10.1. The molecular weight excluding hydrogens is 206 g/mol. The second-order valence-corrected chi connectivity index (χ2v) is 5.00. The molecule has 1 aliphatic heterocycles. The smallest absolute Gasteiger partial charge is 0.164 e. The van der Waals surface area contributed by atoms with Crippen LogP contribution in [-0.2, 0) is 9.47 Å². The molecule has 0 saturated carbocycles. The van der Waals surface area contributed by atoms with Crippen LogP contribution in [0.4, 0.5) is 0 Å². The minimum atomic E-state index is -0.559. The van der Waals surface area contributed by atoms with Gasteiger partial charge < -0.3 is 20.3 Å². The lowest BCUT2D eigenvalue weighted by Crippen LogP contribution is -2.37. The van der Waals surface area contributed by atoms with Crippen molar-refractivity contribution in [2.75, 3.05) is 6.54 Å². The molecule has 0 aromatic rings. The molecule has 0 amide bonds. The Hall–Kier alpha value is -0.420. The molecular formula is C12H21NO3. The van der Waals surface area contributed by atoms with Gasteiger partial charge in [-0.2, -0.15) is 0 Å². The van der Waals surface area contributed by atoms with E-state index in [1.165, 1.54) is 5.57 Å². The monoisotopic (exact) mass is 227 g/mol. The quantitative estimate of drug-likeness (QED) is 0.700. The normalized spacial score (nSPS) is 38.3. The number of nitrogens with two attached hydrogens (primary N) is 1. The van der Waals surface area contributed by atoms with Gasteiger partial charge in [0.2, 0.25) is 0 Å². The van der Waals surface area contributed by atoms with Gasteiger partial charge in [0, 0.05) is 12.5 Å². The first-order valence-electron chi connectivity index (χ1n) is 5.93. The van der Waals surface area contributed by atoms with E-state index in [-0.39, 0.29) is 24.7 Å². The maximum Gasteiger partial charge on any atom is 0.164 e. The number of hydrogen-bond donors (Lipinski definition) is 2. The highest BCUT2D eigenvalue weighted by Gasteiger charge is 2.50. The molecule has 4 atom stereocenters. The highest BCUT2D eigenvalue weighted by Crippen LogP contribution is 2.43. The Bertz CT molecular complexity index is 301. The van der Waals surface area contributed by atoms with Gasteiger partial charge in [-0.05, 0) is 25.8 Å². The zero-order valence-electron chi connectivity index (χ0n) is 10.1. The molecule has 1 aliphatic carbocycles. The van der Waals surface area contributed by atoms with Crippen molar-refractivity contribution in [2.45, 2.75) is 51.3 Å². The molecule has 0 bridgehead atoms. The predicted molar refractivity (Wildman–Crippen MR) is 60.8 cm³/mol. The summed E-state index contributed by atoms with van der Waals surface area (Å²) in [6.07, 6.45) is 2.36. The predicted octanol–water partition coefficient (Wildman–Crippen LogP) is 0.792. The Labute approximate surface area is 96.4 Å². The highest BCUT2D eigenvalue weighted by atomic mass is 16.8. The summed E-state index contributed by atoms with van der Waals surface area (Å²) in [5, 5.41) is 9.88. The standard InChI is InChI=1S/C12H21NO3/c1-4-7-5-8(9(14)6-13)11-10(7)15-12(2,3)16-11/h5,8-11,14H,4,6,13H2,1-3H3/t8-,9?,10+,11-/m0/s1. The van der Waals surface area contributed by atoms with Gasteiger partial charge in [-0.1, -0.05) is 13.0 Å². The van der Waals surface area contributed by atoms with E-state index in [1.807, 2.05) is 13.8 Å². The van der Waals surface area contributed by atoms with Crippen LogP contribution >= 0.6 is 0 Å². The molecule has 0 aromatic heterocycles. The van der Waals surface area contributed by atoms with Gasteiger partial charge in [-0.15, -0.1) is 0 Å². The first-order valence-corrected chi connectivity index (χ1v) is 5.93. The molecule has 92 valence electrons. The topological polar surface area (TPSA) is 64.7 Å². The summed E-state index contributed by atoms with van der Waals surface area (Å²) in [5.74, 6) is -0.594. The van der Waals surface area contributed by atoms with Crippen LogP contribution in [0.5, 0.6) is 0 Å². The fraction of sp³-hybridized carbons (Fsp3) is 0.833. The number of hydrogen-bond acceptors (Lipinski definition) is 4. The Morgan fingerprint density at radius 3 is 2.75 bits per heavy atom. The van der Waals surface area contributed by atoms with Gasteiger partial charge in [0.15, 0.2) is 5.79 Å². The first kappa shape index (κ1) is 12.0. The molecule has 1 unspecified atom stereocenters. The van der Waals surface area contributed by atoms with Gasteiger partial charge in [0.1, 0.15) is 6.10 Å². The number of aliphatic hydroxyl groups excluding tert-OH is 1. The number of aliphatic hydroxyl groups is 1. The fourth-order valence-corrected chi connectivity index (χ4v) is 2.60. The number of fused-ring (bicyclic) bond motifs is 1. The summed E-state index contributed by atoms with van der Waals surface area (Å²) in [6, 6.07) is 0. The van der Waals surface area contributed by atoms with Crippen LogP contribution in [0, 0.1) is 5.92 Å². The van der Waals surface area contributed by atoms with E-state index in [1.54, 1.807) is 0 Å². The minimum absolute atomic E-state index is 0.00815. The summed E-state index contributed by atoms with van der Waals surface area (Å²) in [7, 11) is 0. The van der Waals surface area contributed by atoms with E-state index in [0.29, 0.717) is 0 Å². The van der Waals surface area contributed by atoms with Crippen molar-refractivity contribution in [3.05, 3.63) is 11.6 Å². The van der Waals surface area contributed by atoms with Gasteiger partial charge >= 0.3 is 0 Å². The Kier molecular flexibility index (Phi) is 3.09. The van der Waals surface area contributed by atoms with Gasteiger partial charge in [-0.25, -0.2) is 0 Å². The number of rotatable bonds is 3. The summed E-state index contributed by atoms with van der Waals surface area (Å²) < 4.78 is 11.7. The molecule has 1 fully saturated rings. The molecule has 4 heteroatoms. The van der Waals surface area contributed by atoms with Crippen molar-refractivity contribution in [1.29, 1.82) is 0 Å². The number of ether oxygens (including phenoxy) is 2. The van der Waals surface area contributed by atoms with Crippen LogP contribution in [0.15, 0.2) is 11.6 Å². The summed E-state index contributed by atoms with van der Waals surface area (Å²) in [4.78, 5) is 0. The molecule has 2 aliphatic rings. The van der Waals surface area contributed by atoms with Crippen LogP contribution in [-0.4, -0.2) is 35.8 Å². The molecule has 0 spiro atoms. The third kappa shape index (κ3) is 1.91. The van der Waals surface area contributed by atoms with Crippen molar-refractivity contribution >= 4 is 0 Å². The largest absolute Gasteiger partial charge is 0.391 e. The van der Waals surface area contributed by atoms with Crippen LogP contribution in [0.2, 0.25) is 0 Å². The van der Waals surface area contributed by atoms with Gasteiger partial charge in [0.25, 0.3) is 0 Å². The molecule has 2 rings (SSSR count). The lowest BCUT2D eigenvalue weighted by atomic mass is 9.98. The minimum Gasteiger partial charge on any atom is -0.391 e. The average molecular weight is 227 g/mol. The highest BCUT2D eigenvalue weighted by molar-refractivity contribution is 5.24. The average Bonchev–Trinajstić information content (AvgIpc) is 2.69. The van der Waals surface area contributed by atoms with Crippen LogP contribution in [0.3, 0.4) is 0 Å². The van der Waals surface area contributed by atoms with E-state index in [2.05, 4.69) is 13.0 Å². The second-order valence-electron chi connectivity index (χ2n) is 5.00. The molecule has 1 heterocycles. The molecule has 1 saturated heterocycles. The summed E-state index contributed by atoms with van der Waals surface area (Å²) in [6.45, 7) is 6.16. The van der Waals surface area contributed by atoms with Gasteiger partial charge in [0.05, 0.1) is 12.2 Å². The zero-order chi connectivity index (χ0) is 11.9. The molecule has 16 heavy (non-hydrogen) atoms. The fourth-order valence-electron chi connectivity index (χ4n) is 2.60. The summed E-state index contributed by atoms with van der Waals surface area (Å²) in [5.41, 5.74) is 6.73. The molecule has 3 N–H and O–H groups in total. The van der Waals surface area contributed by atoms with Crippen LogP contribution in [0.1, 0.15) is 27.2 Å². The van der Waals surface area contributed by atoms with Crippen LogP contribution < -0.4 is 5.73 Å². The van der Waals surface area contributed by atoms with E-state index in [0.717, 1.165) is 6.42 Å². The lowest BCUT2D eigenvalue weighted by Gasteiger charge is -2.23. The Balaban J connectivity index is 2.20. The third-order valence-corrected chi connectivity index (χ3v) is 3.37. The third-order valence-electron chi connectivity index (χ3n) is 3.37. The maximum absolute atomic E-state index is 9.88. The first-order chi connectivity index (χ1) is 7.48. The Morgan fingerprint density at radius 1 is 1.50 bits per heavy atom. The Morgan fingerprint density at radius 2 is 2.19 bits per heavy atom. The molecule has 4 nitrogen and oxygen atoms in total.